The van der Waals surface area contributed by atoms with Gasteiger partial charge in [-0.25, -0.2) is 0 Å². The van der Waals surface area contributed by atoms with Gasteiger partial charge in [-0.05, 0) is 59.9 Å². The molecule has 6 bridgehead atoms. The predicted octanol–water partition coefficient (Wildman–Crippen LogP) is 3.61. The number of amides is 2. The lowest BCUT2D eigenvalue weighted by molar-refractivity contribution is -0.123. The standard InChI is InChI=1S/C32H31N3O6/c1-34-26-10-4-3-9-23(26)25(18-30(34)37)32(38)35-13-11-20-16-28-27(39-2)17-24(20)31(35)21-7-5-8-22(15-21)40-14-6-12-33-29(36)19-41-28/h3-5,7-10,15-18,31H,6,11-14,19H2,1-2H3,(H,33,36). The molecule has 210 valence electrons. The highest BCUT2D eigenvalue weighted by molar-refractivity contribution is 6.06. The quantitative estimate of drug-likeness (QED) is 0.407. The summed E-state index contributed by atoms with van der Waals surface area (Å²) in [7, 11) is 3.26. The number of hydrogen-bond donors (Lipinski definition) is 1. The van der Waals surface area contributed by atoms with Crippen LogP contribution >= 0.6 is 0 Å². The van der Waals surface area contributed by atoms with Gasteiger partial charge >= 0.3 is 0 Å². The molecule has 41 heavy (non-hydrogen) atoms. The first kappa shape index (κ1) is 26.4. The molecule has 0 fully saturated rings. The largest absolute Gasteiger partial charge is 0.494 e. The van der Waals surface area contributed by atoms with E-state index in [4.69, 9.17) is 14.2 Å². The van der Waals surface area contributed by atoms with Crippen molar-refractivity contribution in [1.82, 2.24) is 14.8 Å². The molecule has 3 aliphatic heterocycles. The second kappa shape index (κ2) is 11.0. The zero-order valence-corrected chi connectivity index (χ0v) is 23.0. The van der Waals surface area contributed by atoms with Gasteiger partial charge in [-0.1, -0.05) is 30.3 Å². The summed E-state index contributed by atoms with van der Waals surface area (Å²) in [5.41, 5.74) is 3.57. The summed E-state index contributed by atoms with van der Waals surface area (Å²) in [5, 5.41) is 3.57. The van der Waals surface area contributed by atoms with Crippen LogP contribution in [0.3, 0.4) is 0 Å². The maximum absolute atomic E-state index is 14.4. The molecule has 0 radical (unpaired) electrons. The SMILES string of the molecule is COc1cc2c3cc1OCC(=O)NCCCOc1cccc(c1)C2N(C(=O)c1cc(=O)n(C)c2ccccc12)CC3. The fourth-order valence-electron chi connectivity index (χ4n) is 5.68. The van der Waals surface area contributed by atoms with Crippen molar-refractivity contribution in [3.8, 4) is 17.2 Å². The Balaban J connectivity index is 1.51. The van der Waals surface area contributed by atoms with Crippen LogP contribution in [0.4, 0.5) is 0 Å². The van der Waals surface area contributed by atoms with E-state index in [1.54, 1.807) is 18.7 Å². The molecular formula is C32H31N3O6. The van der Waals surface area contributed by atoms with E-state index >= 15 is 0 Å². The van der Waals surface area contributed by atoms with Crippen LogP contribution in [0.15, 0.2) is 71.5 Å². The summed E-state index contributed by atoms with van der Waals surface area (Å²) in [5.74, 6) is 1.16. The van der Waals surface area contributed by atoms with Crippen molar-refractivity contribution in [2.24, 2.45) is 7.05 Å². The minimum absolute atomic E-state index is 0.140. The number of carbonyl (C=O) groups is 2. The molecule has 1 unspecified atom stereocenters. The van der Waals surface area contributed by atoms with Gasteiger partial charge in [-0.3, -0.25) is 14.4 Å². The summed E-state index contributed by atoms with van der Waals surface area (Å²) < 4.78 is 19.1. The summed E-state index contributed by atoms with van der Waals surface area (Å²) in [6, 6.07) is 19.9. The maximum atomic E-state index is 14.4. The number of benzene rings is 3. The third-order valence-electron chi connectivity index (χ3n) is 7.74. The second-order valence-corrected chi connectivity index (χ2v) is 10.2. The Morgan fingerprint density at radius 2 is 1.88 bits per heavy atom. The Hall–Kier alpha value is -4.79. The lowest BCUT2D eigenvalue weighted by atomic mass is 9.87. The minimum Gasteiger partial charge on any atom is -0.494 e. The van der Waals surface area contributed by atoms with E-state index < -0.39 is 6.04 Å². The predicted molar refractivity (Wildman–Crippen MR) is 154 cm³/mol. The molecule has 3 aliphatic rings. The molecule has 7 rings (SSSR count). The molecular weight excluding hydrogens is 522 g/mol. The summed E-state index contributed by atoms with van der Waals surface area (Å²) >= 11 is 0. The van der Waals surface area contributed by atoms with E-state index in [0.29, 0.717) is 60.9 Å². The number of aromatic nitrogens is 1. The number of carbonyl (C=O) groups excluding carboxylic acids is 2. The van der Waals surface area contributed by atoms with Crippen molar-refractivity contribution in [3.05, 3.63) is 99.3 Å². The topological polar surface area (TPSA) is 99.1 Å². The number of fused-ring (bicyclic) bond motifs is 9. The molecule has 4 heterocycles. The highest BCUT2D eigenvalue weighted by Gasteiger charge is 2.35. The number of pyridine rings is 1. The van der Waals surface area contributed by atoms with E-state index in [2.05, 4.69) is 5.32 Å². The Morgan fingerprint density at radius 1 is 1.02 bits per heavy atom. The monoisotopic (exact) mass is 553 g/mol. The van der Waals surface area contributed by atoms with Crippen molar-refractivity contribution in [2.75, 3.05) is 33.4 Å². The summed E-state index contributed by atoms with van der Waals surface area (Å²) in [6.07, 6.45) is 1.18. The van der Waals surface area contributed by atoms with Crippen molar-refractivity contribution in [1.29, 1.82) is 0 Å². The average molecular weight is 554 g/mol. The first-order valence-electron chi connectivity index (χ1n) is 13.7. The summed E-state index contributed by atoms with van der Waals surface area (Å²) in [4.78, 5) is 41.4. The highest BCUT2D eigenvalue weighted by Crippen LogP contribution is 2.42. The van der Waals surface area contributed by atoms with Gasteiger partial charge in [0.15, 0.2) is 18.1 Å². The van der Waals surface area contributed by atoms with Gasteiger partial charge in [-0.2, -0.15) is 0 Å². The molecule has 0 spiro atoms. The first-order chi connectivity index (χ1) is 19.9. The smallest absolute Gasteiger partial charge is 0.257 e. The van der Waals surface area contributed by atoms with Crippen LogP contribution in [0.25, 0.3) is 10.9 Å². The van der Waals surface area contributed by atoms with Gasteiger partial charge < -0.3 is 29.0 Å². The molecule has 1 N–H and O–H groups in total. The molecule has 4 aromatic rings. The fraction of sp³-hybridized carbons (Fsp3) is 0.281. The number of aryl methyl sites for hydroxylation is 1. The van der Waals surface area contributed by atoms with Gasteiger partial charge in [0.2, 0.25) is 0 Å². The second-order valence-electron chi connectivity index (χ2n) is 10.2. The molecule has 1 aromatic heterocycles. The van der Waals surface area contributed by atoms with Crippen LogP contribution in [0, 0.1) is 0 Å². The number of para-hydroxylation sites is 1. The molecule has 9 nitrogen and oxygen atoms in total. The Morgan fingerprint density at radius 3 is 2.73 bits per heavy atom. The van der Waals surface area contributed by atoms with Crippen molar-refractivity contribution >= 4 is 22.7 Å². The molecule has 2 amide bonds. The van der Waals surface area contributed by atoms with E-state index in [1.165, 1.54) is 6.07 Å². The first-order valence-corrected chi connectivity index (χ1v) is 13.7. The van der Waals surface area contributed by atoms with Gasteiger partial charge in [0.05, 0.1) is 30.8 Å². The van der Waals surface area contributed by atoms with E-state index in [0.717, 1.165) is 22.1 Å². The Labute approximate surface area is 237 Å². The van der Waals surface area contributed by atoms with Crippen molar-refractivity contribution in [3.63, 3.8) is 0 Å². The zero-order valence-electron chi connectivity index (χ0n) is 23.0. The van der Waals surface area contributed by atoms with Crippen molar-refractivity contribution in [2.45, 2.75) is 18.9 Å². The van der Waals surface area contributed by atoms with Crippen molar-refractivity contribution < 1.29 is 23.8 Å². The minimum atomic E-state index is -0.475. The average Bonchev–Trinajstić information content (AvgIpc) is 3.00. The number of nitrogens with zero attached hydrogens (tertiary/aromatic N) is 2. The van der Waals surface area contributed by atoms with E-state index in [-0.39, 0.29) is 24.0 Å². The Kier molecular flexibility index (Phi) is 7.09. The van der Waals surface area contributed by atoms with Crippen LogP contribution in [-0.4, -0.2) is 54.7 Å². The Bertz CT molecular complexity index is 1710. The highest BCUT2D eigenvalue weighted by atomic mass is 16.5. The number of ether oxygens (including phenoxy) is 3. The molecule has 0 aliphatic carbocycles. The van der Waals surface area contributed by atoms with Gasteiger partial charge in [0, 0.05) is 31.6 Å². The third kappa shape index (κ3) is 4.99. The van der Waals surface area contributed by atoms with Gasteiger partial charge in [0.25, 0.3) is 17.4 Å². The number of rotatable bonds is 2. The number of hydrogen-bond acceptors (Lipinski definition) is 6. The van der Waals surface area contributed by atoms with Crippen LogP contribution in [0.5, 0.6) is 17.2 Å². The molecule has 9 heteroatoms. The van der Waals surface area contributed by atoms with Crippen LogP contribution in [0.1, 0.15) is 39.5 Å². The zero-order chi connectivity index (χ0) is 28.5. The molecule has 0 saturated carbocycles. The lowest BCUT2D eigenvalue weighted by Gasteiger charge is -2.38. The summed E-state index contributed by atoms with van der Waals surface area (Å²) in [6.45, 7) is 1.15. The number of nitrogens with one attached hydrogen (secondary N) is 1. The number of methoxy groups -OCH3 is 1. The molecule has 3 aromatic carbocycles. The lowest BCUT2D eigenvalue weighted by Crippen LogP contribution is -2.41. The van der Waals surface area contributed by atoms with Crippen LogP contribution in [-0.2, 0) is 18.3 Å². The molecule has 0 saturated heterocycles. The maximum Gasteiger partial charge on any atom is 0.257 e. The van der Waals surface area contributed by atoms with Gasteiger partial charge in [-0.15, -0.1) is 0 Å². The third-order valence-corrected chi connectivity index (χ3v) is 7.74. The fourth-order valence-corrected chi connectivity index (χ4v) is 5.68. The van der Waals surface area contributed by atoms with Crippen LogP contribution < -0.4 is 25.1 Å². The van der Waals surface area contributed by atoms with E-state index in [1.807, 2.05) is 65.6 Å². The van der Waals surface area contributed by atoms with Crippen LogP contribution in [0.2, 0.25) is 0 Å². The molecule has 1 atom stereocenters. The van der Waals surface area contributed by atoms with E-state index in [9.17, 15) is 14.4 Å². The van der Waals surface area contributed by atoms with Gasteiger partial charge in [0.1, 0.15) is 5.75 Å². The normalized spacial score (nSPS) is 17.0.